The van der Waals surface area contributed by atoms with Crippen LogP contribution in [-0.2, 0) is 4.79 Å². The van der Waals surface area contributed by atoms with Crippen molar-refractivity contribution in [3.63, 3.8) is 0 Å². The second-order valence-corrected chi connectivity index (χ2v) is 4.92. The summed E-state index contributed by atoms with van der Waals surface area (Å²) in [6, 6.07) is 8.35. The molecule has 1 aromatic heterocycles. The monoisotopic (exact) mass is 303 g/mol. The number of carbonyl (C=O) groups excluding carboxylic acids is 2. The molecule has 0 aliphatic heterocycles. The van der Waals surface area contributed by atoms with Gasteiger partial charge in [-0.2, -0.15) is 0 Å². The van der Waals surface area contributed by atoms with Crippen LogP contribution in [0, 0.1) is 6.92 Å². The van der Waals surface area contributed by atoms with Gasteiger partial charge in [-0.3, -0.25) is 9.59 Å². The zero-order valence-corrected chi connectivity index (χ0v) is 12.4. The van der Waals surface area contributed by atoms with E-state index in [1.54, 1.807) is 18.2 Å². The average Bonchev–Trinajstić information content (AvgIpc) is 2.42. The maximum Gasteiger partial charge on any atom is 0.255 e. The summed E-state index contributed by atoms with van der Waals surface area (Å²) in [6.07, 6.45) is 1.47. The van der Waals surface area contributed by atoms with Crippen molar-refractivity contribution in [1.82, 2.24) is 4.98 Å². The molecule has 0 saturated heterocycles. The summed E-state index contributed by atoms with van der Waals surface area (Å²) in [5, 5.41) is 5.72. The lowest BCUT2D eigenvalue weighted by Crippen LogP contribution is -2.13. The molecule has 0 fully saturated rings. The van der Waals surface area contributed by atoms with Gasteiger partial charge in [0.1, 0.15) is 5.15 Å². The first-order valence-electron chi connectivity index (χ1n) is 6.27. The molecule has 5 nitrogen and oxygen atoms in total. The highest BCUT2D eigenvalue weighted by molar-refractivity contribution is 6.29. The zero-order valence-electron chi connectivity index (χ0n) is 11.6. The van der Waals surface area contributed by atoms with E-state index in [-0.39, 0.29) is 17.0 Å². The molecule has 21 heavy (non-hydrogen) atoms. The normalized spacial score (nSPS) is 10.0. The van der Waals surface area contributed by atoms with Gasteiger partial charge in [-0.1, -0.05) is 17.7 Å². The summed E-state index contributed by atoms with van der Waals surface area (Å²) >= 11 is 5.76. The summed E-state index contributed by atoms with van der Waals surface area (Å²) in [5.41, 5.74) is 2.57. The molecule has 0 spiro atoms. The van der Waals surface area contributed by atoms with Gasteiger partial charge in [0, 0.05) is 30.1 Å². The molecular formula is C15H14ClN3O2. The molecule has 2 N–H and O–H groups in total. The number of hydrogen-bond acceptors (Lipinski definition) is 3. The summed E-state index contributed by atoms with van der Waals surface area (Å²) < 4.78 is 0. The maximum absolute atomic E-state index is 12.1. The van der Waals surface area contributed by atoms with E-state index in [0.29, 0.717) is 16.9 Å². The highest BCUT2D eigenvalue weighted by Crippen LogP contribution is 2.21. The van der Waals surface area contributed by atoms with E-state index in [1.807, 2.05) is 13.0 Å². The minimum atomic E-state index is -0.295. The van der Waals surface area contributed by atoms with E-state index in [0.717, 1.165) is 5.56 Å². The Morgan fingerprint density at radius 1 is 1.14 bits per heavy atom. The van der Waals surface area contributed by atoms with Crippen molar-refractivity contribution in [3.8, 4) is 0 Å². The molecule has 2 amide bonds. The van der Waals surface area contributed by atoms with Crippen molar-refractivity contribution in [2.75, 3.05) is 10.6 Å². The predicted octanol–water partition coefficient (Wildman–Crippen LogP) is 3.25. The van der Waals surface area contributed by atoms with E-state index in [1.165, 1.54) is 19.2 Å². The number of pyridine rings is 1. The fourth-order valence-electron chi connectivity index (χ4n) is 1.77. The number of nitrogens with one attached hydrogen (secondary N) is 2. The molecule has 2 aromatic rings. The molecule has 108 valence electrons. The van der Waals surface area contributed by atoms with Crippen LogP contribution >= 0.6 is 11.6 Å². The summed E-state index contributed by atoms with van der Waals surface area (Å²) in [6.45, 7) is 3.31. The zero-order chi connectivity index (χ0) is 15.4. The summed E-state index contributed by atoms with van der Waals surface area (Å²) in [7, 11) is 0. The number of carbonyl (C=O) groups is 2. The van der Waals surface area contributed by atoms with Gasteiger partial charge in [0.15, 0.2) is 0 Å². The minimum Gasteiger partial charge on any atom is -0.326 e. The van der Waals surface area contributed by atoms with E-state index in [9.17, 15) is 9.59 Å². The maximum atomic E-state index is 12.1. The number of amides is 2. The average molecular weight is 304 g/mol. The first-order chi connectivity index (χ1) is 9.95. The molecule has 0 bridgehead atoms. The molecule has 0 aliphatic rings. The Kier molecular flexibility index (Phi) is 4.55. The van der Waals surface area contributed by atoms with Crippen LogP contribution in [0.4, 0.5) is 11.4 Å². The number of nitrogens with zero attached hydrogens (tertiary/aromatic N) is 1. The number of aryl methyl sites for hydroxylation is 1. The summed E-state index contributed by atoms with van der Waals surface area (Å²) in [5.74, 6) is -0.459. The lowest BCUT2D eigenvalue weighted by atomic mass is 10.1. The van der Waals surface area contributed by atoms with Crippen LogP contribution in [0.1, 0.15) is 22.8 Å². The number of halogens is 1. The van der Waals surface area contributed by atoms with Crippen molar-refractivity contribution in [3.05, 3.63) is 52.8 Å². The third-order valence-electron chi connectivity index (χ3n) is 2.79. The van der Waals surface area contributed by atoms with Gasteiger partial charge < -0.3 is 10.6 Å². The number of rotatable bonds is 3. The molecular weight excluding hydrogens is 290 g/mol. The fourth-order valence-corrected chi connectivity index (χ4v) is 1.94. The van der Waals surface area contributed by atoms with Crippen molar-refractivity contribution >= 4 is 34.8 Å². The van der Waals surface area contributed by atoms with Crippen molar-refractivity contribution in [2.24, 2.45) is 0 Å². The van der Waals surface area contributed by atoms with Crippen LogP contribution in [0.25, 0.3) is 0 Å². The van der Waals surface area contributed by atoms with Crippen LogP contribution in [0.2, 0.25) is 5.15 Å². The molecule has 2 rings (SSSR count). The number of aromatic nitrogens is 1. The largest absolute Gasteiger partial charge is 0.326 e. The topological polar surface area (TPSA) is 71.1 Å². The van der Waals surface area contributed by atoms with E-state index in [4.69, 9.17) is 11.6 Å². The molecule has 0 atom stereocenters. The third kappa shape index (κ3) is 4.03. The second kappa shape index (κ2) is 6.37. The lowest BCUT2D eigenvalue weighted by molar-refractivity contribution is -0.114. The summed E-state index contributed by atoms with van der Waals surface area (Å²) in [4.78, 5) is 27.1. The van der Waals surface area contributed by atoms with E-state index < -0.39 is 0 Å². The van der Waals surface area contributed by atoms with Crippen LogP contribution in [0.3, 0.4) is 0 Å². The fraction of sp³-hybridized carbons (Fsp3) is 0.133. The number of hydrogen-bond donors (Lipinski definition) is 2. The quantitative estimate of drug-likeness (QED) is 0.855. The van der Waals surface area contributed by atoms with E-state index in [2.05, 4.69) is 15.6 Å². The third-order valence-corrected chi connectivity index (χ3v) is 3.00. The van der Waals surface area contributed by atoms with Crippen molar-refractivity contribution in [2.45, 2.75) is 13.8 Å². The molecule has 0 aliphatic carbocycles. The first kappa shape index (κ1) is 15.0. The smallest absolute Gasteiger partial charge is 0.255 e. The Morgan fingerprint density at radius 3 is 2.57 bits per heavy atom. The van der Waals surface area contributed by atoms with Gasteiger partial charge in [0.2, 0.25) is 5.91 Å². The Morgan fingerprint density at radius 2 is 1.90 bits per heavy atom. The van der Waals surface area contributed by atoms with Crippen LogP contribution < -0.4 is 10.6 Å². The van der Waals surface area contributed by atoms with Crippen LogP contribution in [0.5, 0.6) is 0 Å². The van der Waals surface area contributed by atoms with Gasteiger partial charge in [-0.25, -0.2) is 4.98 Å². The van der Waals surface area contributed by atoms with Gasteiger partial charge in [-0.15, -0.1) is 0 Å². The van der Waals surface area contributed by atoms with Crippen molar-refractivity contribution < 1.29 is 9.59 Å². The van der Waals surface area contributed by atoms with Gasteiger partial charge in [0.25, 0.3) is 5.91 Å². The van der Waals surface area contributed by atoms with Crippen molar-refractivity contribution in [1.29, 1.82) is 0 Å². The Labute approximate surface area is 127 Å². The highest BCUT2D eigenvalue weighted by Gasteiger charge is 2.08. The predicted molar refractivity (Wildman–Crippen MR) is 82.7 cm³/mol. The molecule has 0 saturated carbocycles. The molecule has 1 aromatic carbocycles. The number of anilines is 2. The Bertz CT molecular complexity index is 701. The molecule has 1 heterocycles. The molecule has 6 heteroatoms. The first-order valence-corrected chi connectivity index (χ1v) is 6.64. The van der Waals surface area contributed by atoms with E-state index >= 15 is 0 Å². The lowest BCUT2D eigenvalue weighted by Gasteiger charge is -2.10. The Hall–Kier alpha value is -2.40. The van der Waals surface area contributed by atoms with Crippen LogP contribution in [0.15, 0.2) is 36.5 Å². The number of benzene rings is 1. The van der Waals surface area contributed by atoms with Crippen LogP contribution in [-0.4, -0.2) is 16.8 Å². The standard InChI is InChI=1S/C15H14ClN3O2/c1-9-3-4-12(8-13(9)18-10(2)20)19-15(21)11-5-6-17-14(16)7-11/h3-8H,1-2H3,(H,18,20)(H,19,21). The van der Waals surface area contributed by atoms with Gasteiger partial charge in [0.05, 0.1) is 0 Å². The Balaban J connectivity index is 2.19. The molecule has 0 radical (unpaired) electrons. The van der Waals surface area contributed by atoms with Gasteiger partial charge in [-0.05, 0) is 36.8 Å². The van der Waals surface area contributed by atoms with Gasteiger partial charge >= 0.3 is 0 Å². The molecule has 0 unspecified atom stereocenters. The minimum absolute atomic E-state index is 0.164. The SMILES string of the molecule is CC(=O)Nc1cc(NC(=O)c2ccnc(Cl)c2)ccc1C. The highest BCUT2D eigenvalue weighted by atomic mass is 35.5. The second-order valence-electron chi connectivity index (χ2n) is 4.53.